The van der Waals surface area contributed by atoms with Crippen molar-refractivity contribution in [3.63, 3.8) is 0 Å². The van der Waals surface area contributed by atoms with E-state index in [2.05, 4.69) is 4.98 Å². The van der Waals surface area contributed by atoms with Crippen LogP contribution < -0.4 is 0 Å². The predicted octanol–water partition coefficient (Wildman–Crippen LogP) is 0.872. The number of carboxylic acids is 1. The Kier molecular flexibility index (Phi) is 3.37. The van der Waals surface area contributed by atoms with Gasteiger partial charge in [0.05, 0.1) is 0 Å². The van der Waals surface area contributed by atoms with Gasteiger partial charge in [0.15, 0.2) is 0 Å². The lowest BCUT2D eigenvalue weighted by atomic mass is 9.93. The maximum absolute atomic E-state index is 11.3. The molecule has 1 amide bonds. The number of pyridine rings is 1. The lowest BCUT2D eigenvalue weighted by Crippen LogP contribution is -2.41. The molecule has 1 aromatic heterocycles. The van der Waals surface area contributed by atoms with Crippen molar-refractivity contribution in [2.24, 2.45) is 0 Å². The molecule has 0 radical (unpaired) electrons. The van der Waals surface area contributed by atoms with Gasteiger partial charge in [0, 0.05) is 30.9 Å². The summed E-state index contributed by atoms with van der Waals surface area (Å²) in [6.07, 6.45) is 3.30. The molecule has 0 atom stereocenters. The molecule has 0 spiro atoms. The number of hydrogen-bond donors (Lipinski definition) is 1. The van der Waals surface area contributed by atoms with E-state index >= 15 is 0 Å². The molecule has 0 saturated carbocycles. The first-order chi connectivity index (χ1) is 8.18. The van der Waals surface area contributed by atoms with E-state index in [1.807, 2.05) is 18.2 Å². The Bertz CT molecular complexity index is 411. The van der Waals surface area contributed by atoms with Gasteiger partial charge in [-0.05, 0) is 25.0 Å². The van der Waals surface area contributed by atoms with Crippen LogP contribution in [0.1, 0.15) is 24.5 Å². The molecule has 17 heavy (non-hydrogen) atoms. The fourth-order valence-electron chi connectivity index (χ4n) is 2.13. The van der Waals surface area contributed by atoms with E-state index in [-0.39, 0.29) is 0 Å². The second-order valence-electron chi connectivity index (χ2n) is 4.13. The Labute approximate surface area is 99.1 Å². The van der Waals surface area contributed by atoms with E-state index in [0.717, 1.165) is 18.5 Å². The number of amides is 1. The first kappa shape index (κ1) is 11.6. The van der Waals surface area contributed by atoms with Gasteiger partial charge in [0.1, 0.15) is 0 Å². The molecule has 1 aliphatic heterocycles. The Morgan fingerprint density at radius 3 is 2.53 bits per heavy atom. The molecule has 0 bridgehead atoms. The van der Waals surface area contributed by atoms with Gasteiger partial charge in [-0.1, -0.05) is 6.07 Å². The van der Waals surface area contributed by atoms with E-state index in [4.69, 9.17) is 5.11 Å². The topological polar surface area (TPSA) is 70.5 Å². The van der Waals surface area contributed by atoms with Gasteiger partial charge >= 0.3 is 11.9 Å². The molecular weight excluding hydrogens is 220 g/mol. The maximum atomic E-state index is 11.3. The average Bonchev–Trinajstić information content (AvgIpc) is 2.39. The Morgan fingerprint density at radius 2 is 2.00 bits per heavy atom. The van der Waals surface area contributed by atoms with Crippen molar-refractivity contribution in [2.75, 3.05) is 13.1 Å². The van der Waals surface area contributed by atoms with E-state index in [1.165, 1.54) is 4.90 Å². The van der Waals surface area contributed by atoms with Crippen LogP contribution in [0.4, 0.5) is 0 Å². The molecule has 0 unspecified atom stereocenters. The molecule has 1 aliphatic rings. The van der Waals surface area contributed by atoms with Crippen LogP contribution in [0.5, 0.6) is 0 Å². The lowest BCUT2D eigenvalue weighted by Gasteiger charge is -2.30. The van der Waals surface area contributed by atoms with Crippen LogP contribution in [0.3, 0.4) is 0 Å². The van der Waals surface area contributed by atoms with E-state index in [9.17, 15) is 9.59 Å². The number of aliphatic carboxylic acids is 1. The highest BCUT2D eigenvalue weighted by Crippen LogP contribution is 2.26. The van der Waals surface area contributed by atoms with Crippen molar-refractivity contribution in [3.8, 4) is 0 Å². The van der Waals surface area contributed by atoms with Crippen molar-refractivity contribution in [1.82, 2.24) is 9.88 Å². The minimum Gasteiger partial charge on any atom is -0.474 e. The number of rotatable bonds is 1. The SMILES string of the molecule is O=C(O)C(=O)N1CCC(c2ccccn2)CC1. The second-order valence-corrected chi connectivity index (χ2v) is 4.13. The van der Waals surface area contributed by atoms with Crippen LogP contribution >= 0.6 is 0 Å². The molecule has 5 nitrogen and oxygen atoms in total. The molecule has 1 N–H and O–H groups in total. The van der Waals surface area contributed by atoms with Gasteiger partial charge in [-0.15, -0.1) is 0 Å². The highest BCUT2D eigenvalue weighted by atomic mass is 16.4. The van der Waals surface area contributed by atoms with Gasteiger partial charge in [0.25, 0.3) is 0 Å². The number of aromatic nitrogens is 1. The van der Waals surface area contributed by atoms with Crippen molar-refractivity contribution in [2.45, 2.75) is 18.8 Å². The zero-order valence-corrected chi connectivity index (χ0v) is 9.37. The highest BCUT2D eigenvalue weighted by Gasteiger charge is 2.27. The van der Waals surface area contributed by atoms with E-state index < -0.39 is 11.9 Å². The molecule has 1 saturated heterocycles. The third-order valence-electron chi connectivity index (χ3n) is 3.07. The third-order valence-corrected chi connectivity index (χ3v) is 3.07. The fraction of sp³-hybridized carbons (Fsp3) is 0.417. The average molecular weight is 234 g/mol. The number of carbonyl (C=O) groups excluding carboxylic acids is 1. The summed E-state index contributed by atoms with van der Waals surface area (Å²) in [5, 5.41) is 8.61. The molecule has 1 fully saturated rings. The minimum atomic E-state index is -1.37. The van der Waals surface area contributed by atoms with Crippen molar-refractivity contribution < 1.29 is 14.7 Å². The van der Waals surface area contributed by atoms with E-state index in [0.29, 0.717) is 19.0 Å². The molecule has 90 valence electrons. The summed E-state index contributed by atoms with van der Waals surface area (Å²) in [5.74, 6) is -1.85. The summed E-state index contributed by atoms with van der Waals surface area (Å²) >= 11 is 0. The van der Waals surface area contributed by atoms with Gasteiger partial charge in [-0.2, -0.15) is 0 Å². The number of hydrogen-bond acceptors (Lipinski definition) is 3. The Hall–Kier alpha value is -1.91. The summed E-state index contributed by atoms with van der Waals surface area (Å²) in [6, 6.07) is 5.78. The standard InChI is InChI=1S/C12H14N2O3/c15-11(12(16)17)14-7-4-9(5-8-14)10-3-1-2-6-13-10/h1-3,6,9H,4-5,7-8H2,(H,16,17). The smallest absolute Gasteiger partial charge is 0.394 e. The molecule has 0 aromatic carbocycles. The third kappa shape index (κ3) is 2.61. The zero-order chi connectivity index (χ0) is 12.3. The molecule has 1 aromatic rings. The van der Waals surface area contributed by atoms with Crippen molar-refractivity contribution in [3.05, 3.63) is 30.1 Å². The second kappa shape index (κ2) is 4.95. The van der Waals surface area contributed by atoms with Gasteiger partial charge < -0.3 is 10.0 Å². The monoisotopic (exact) mass is 234 g/mol. The fourth-order valence-corrected chi connectivity index (χ4v) is 2.13. The molecule has 0 aliphatic carbocycles. The van der Waals surface area contributed by atoms with Crippen LogP contribution in [-0.4, -0.2) is 40.0 Å². The van der Waals surface area contributed by atoms with E-state index in [1.54, 1.807) is 6.20 Å². The summed E-state index contributed by atoms with van der Waals surface area (Å²) in [6.45, 7) is 0.985. The number of piperidine rings is 1. The van der Waals surface area contributed by atoms with Crippen molar-refractivity contribution >= 4 is 11.9 Å². The summed E-state index contributed by atoms with van der Waals surface area (Å²) in [5.41, 5.74) is 1.02. The van der Waals surface area contributed by atoms with Crippen LogP contribution in [0.25, 0.3) is 0 Å². The Morgan fingerprint density at radius 1 is 1.29 bits per heavy atom. The summed E-state index contributed by atoms with van der Waals surface area (Å²) in [7, 11) is 0. The number of likely N-dealkylation sites (tertiary alicyclic amines) is 1. The highest BCUT2D eigenvalue weighted by molar-refractivity contribution is 6.31. The molecule has 5 heteroatoms. The molecule has 2 rings (SSSR count). The Balaban J connectivity index is 1.95. The summed E-state index contributed by atoms with van der Waals surface area (Å²) in [4.78, 5) is 27.5. The first-order valence-corrected chi connectivity index (χ1v) is 5.61. The quantitative estimate of drug-likeness (QED) is 0.732. The van der Waals surface area contributed by atoms with Crippen LogP contribution in [0.2, 0.25) is 0 Å². The molecule has 2 heterocycles. The van der Waals surface area contributed by atoms with Crippen molar-refractivity contribution in [1.29, 1.82) is 0 Å². The molecular formula is C12H14N2O3. The lowest BCUT2D eigenvalue weighted by molar-refractivity contribution is -0.156. The number of carboxylic acid groups (broad SMARTS) is 1. The zero-order valence-electron chi connectivity index (χ0n) is 9.37. The van der Waals surface area contributed by atoms with Crippen LogP contribution in [-0.2, 0) is 9.59 Å². The maximum Gasteiger partial charge on any atom is 0.394 e. The van der Waals surface area contributed by atoms with Gasteiger partial charge in [0.2, 0.25) is 0 Å². The van der Waals surface area contributed by atoms with Gasteiger partial charge in [-0.25, -0.2) is 4.79 Å². The predicted molar refractivity (Wildman–Crippen MR) is 60.4 cm³/mol. The van der Waals surface area contributed by atoms with Crippen LogP contribution in [0, 0.1) is 0 Å². The largest absolute Gasteiger partial charge is 0.474 e. The number of carbonyl (C=O) groups is 2. The van der Waals surface area contributed by atoms with Gasteiger partial charge in [-0.3, -0.25) is 9.78 Å². The normalized spacial score (nSPS) is 16.8. The minimum absolute atomic E-state index is 0.328. The summed E-state index contributed by atoms with van der Waals surface area (Å²) < 4.78 is 0. The number of nitrogens with zero attached hydrogens (tertiary/aromatic N) is 2. The van der Waals surface area contributed by atoms with Crippen LogP contribution in [0.15, 0.2) is 24.4 Å². The first-order valence-electron chi connectivity index (χ1n) is 5.61.